The summed E-state index contributed by atoms with van der Waals surface area (Å²) >= 11 is 0. The maximum atomic E-state index is 13.9. The van der Waals surface area contributed by atoms with Crippen LogP contribution < -0.4 is 5.32 Å². The topological polar surface area (TPSA) is 42.0 Å². The third-order valence-corrected chi connectivity index (χ3v) is 5.36. The molecule has 2 atom stereocenters. The highest BCUT2D eigenvalue weighted by molar-refractivity contribution is 5.96. The monoisotopic (exact) mass is 344 g/mol. The normalized spacial score (nSPS) is 28.7. The molecule has 3 nitrogen and oxygen atoms in total. The van der Waals surface area contributed by atoms with Crippen molar-refractivity contribution in [2.75, 3.05) is 5.32 Å². The summed E-state index contributed by atoms with van der Waals surface area (Å²) in [5, 5.41) is 2.64. The maximum absolute atomic E-state index is 13.9. The molecular weight excluding hydrogens is 324 g/mol. The van der Waals surface area contributed by atoms with Crippen LogP contribution in [0.25, 0.3) is 0 Å². The van der Waals surface area contributed by atoms with Crippen LogP contribution >= 0.6 is 0 Å². The number of nitrogens with zero attached hydrogens (tertiary/aromatic N) is 1. The number of amides is 1. The Morgan fingerprint density at radius 3 is 2.79 bits per heavy atom. The van der Waals surface area contributed by atoms with E-state index in [0.29, 0.717) is 12.8 Å². The molecule has 1 heterocycles. The van der Waals surface area contributed by atoms with E-state index < -0.39 is 30.1 Å². The molecule has 1 aromatic rings. The molecule has 132 valence electrons. The summed E-state index contributed by atoms with van der Waals surface area (Å²) in [5.41, 5.74) is -0.862. The first-order valence-corrected chi connectivity index (χ1v) is 8.17. The van der Waals surface area contributed by atoms with Crippen molar-refractivity contribution in [3.8, 4) is 0 Å². The molecule has 24 heavy (non-hydrogen) atoms. The largest absolute Gasteiger partial charge is 0.324 e. The minimum Gasteiger partial charge on any atom is -0.324 e. The van der Waals surface area contributed by atoms with E-state index in [-0.39, 0.29) is 29.3 Å². The first-order chi connectivity index (χ1) is 11.2. The van der Waals surface area contributed by atoms with Crippen LogP contribution in [0.15, 0.2) is 12.3 Å². The molecule has 7 heteroatoms. The molecule has 0 radical (unpaired) electrons. The van der Waals surface area contributed by atoms with Crippen LogP contribution in [0.3, 0.4) is 0 Å². The summed E-state index contributed by atoms with van der Waals surface area (Å²) in [7, 11) is 0. The molecule has 1 N–H and O–H groups in total. The molecular formula is C17H20F4N2O. The van der Waals surface area contributed by atoms with E-state index in [0.717, 1.165) is 19.0 Å². The van der Waals surface area contributed by atoms with Crippen LogP contribution in [-0.4, -0.2) is 16.8 Å². The van der Waals surface area contributed by atoms with Crippen molar-refractivity contribution >= 4 is 11.6 Å². The van der Waals surface area contributed by atoms with E-state index in [9.17, 15) is 22.4 Å². The molecule has 2 fully saturated rings. The third kappa shape index (κ3) is 3.00. The third-order valence-electron chi connectivity index (χ3n) is 5.36. The fourth-order valence-corrected chi connectivity index (χ4v) is 4.25. The second kappa shape index (κ2) is 6.01. The number of nitrogens with one attached hydrogen (secondary N) is 1. The molecule has 2 aliphatic rings. The molecule has 3 rings (SSSR count). The predicted octanol–water partition coefficient (Wildman–Crippen LogP) is 4.87. The van der Waals surface area contributed by atoms with Crippen LogP contribution in [0, 0.1) is 18.3 Å². The number of carbonyl (C=O) groups excluding carboxylic acids is 1. The van der Waals surface area contributed by atoms with Gasteiger partial charge in [-0.2, -0.15) is 0 Å². The second-order valence-corrected chi connectivity index (χ2v) is 7.02. The molecule has 2 unspecified atom stereocenters. The summed E-state index contributed by atoms with van der Waals surface area (Å²) in [6.45, 7) is 1.48. The van der Waals surface area contributed by atoms with Gasteiger partial charge in [-0.1, -0.05) is 12.8 Å². The lowest BCUT2D eigenvalue weighted by atomic mass is 9.67. The highest BCUT2D eigenvalue weighted by Crippen LogP contribution is 2.58. The Balaban J connectivity index is 1.82. The van der Waals surface area contributed by atoms with Crippen LogP contribution in [0.1, 0.15) is 56.2 Å². The van der Waals surface area contributed by atoms with E-state index in [1.807, 2.05) is 0 Å². The fourth-order valence-electron chi connectivity index (χ4n) is 4.25. The Kier molecular flexibility index (Phi) is 4.30. The van der Waals surface area contributed by atoms with Gasteiger partial charge in [0.2, 0.25) is 11.8 Å². The number of carbonyl (C=O) groups is 1. The minimum atomic E-state index is -2.82. The van der Waals surface area contributed by atoms with Gasteiger partial charge in [0.1, 0.15) is 5.69 Å². The molecule has 0 aliphatic heterocycles. The number of hydrogen-bond donors (Lipinski definition) is 1. The number of hydrogen-bond acceptors (Lipinski definition) is 2. The van der Waals surface area contributed by atoms with Gasteiger partial charge in [-0.05, 0) is 37.3 Å². The van der Waals surface area contributed by atoms with Gasteiger partial charge in [-0.3, -0.25) is 9.78 Å². The van der Waals surface area contributed by atoms with Crippen molar-refractivity contribution in [2.45, 2.75) is 57.8 Å². The van der Waals surface area contributed by atoms with Gasteiger partial charge in [0, 0.05) is 12.8 Å². The van der Waals surface area contributed by atoms with Gasteiger partial charge in [0.25, 0.3) is 6.43 Å². The molecule has 0 saturated heterocycles. The van der Waals surface area contributed by atoms with Gasteiger partial charge in [0.05, 0.1) is 17.3 Å². The Hall–Kier alpha value is -1.66. The SMILES string of the molecule is Cc1cc(NC(=O)C23CCCCC2CC(F)(F)C3)cnc1C(F)F. The average Bonchev–Trinajstić information content (AvgIpc) is 2.78. The van der Waals surface area contributed by atoms with E-state index in [4.69, 9.17) is 0 Å². The molecule has 1 amide bonds. The number of aryl methyl sites for hydroxylation is 1. The van der Waals surface area contributed by atoms with Gasteiger partial charge >= 0.3 is 0 Å². The molecule has 0 aromatic carbocycles. The van der Waals surface area contributed by atoms with E-state index >= 15 is 0 Å². The molecule has 2 saturated carbocycles. The lowest BCUT2D eigenvalue weighted by molar-refractivity contribution is -0.130. The molecule has 1 aromatic heterocycles. The standard InChI is InChI=1S/C17H20F4N2O/c1-10-6-12(8-22-13(10)14(18)19)23-15(24)16-5-3-2-4-11(16)7-17(20,21)9-16/h6,8,11,14H,2-5,7,9H2,1H3,(H,23,24). The van der Waals surface area contributed by atoms with Crippen LogP contribution in [0.4, 0.5) is 23.2 Å². The molecule has 2 aliphatic carbocycles. The van der Waals surface area contributed by atoms with Crippen molar-refractivity contribution in [3.05, 3.63) is 23.5 Å². The van der Waals surface area contributed by atoms with Gasteiger partial charge in [-0.15, -0.1) is 0 Å². The first-order valence-electron chi connectivity index (χ1n) is 8.17. The average molecular weight is 344 g/mol. The van der Waals surface area contributed by atoms with Crippen LogP contribution in [-0.2, 0) is 4.79 Å². The highest BCUT2D eigenvalue weighted by Gasteiger charge is 2.60. The lowest BCUT2D eigenvalue weighted by Crippen LogP contribution is -2.41. The minimum absolute atomic E-state index is 0.248. The Bertz CT molecular complexity index is 649. The zero-order valence-electron chi connectivity index (χ0n) is 13.4. The summed E-state index contributed by atoms with van der Waals surface area (Å²) in [6.07, 6.45) is 0.477. The first kappa shape index (κ1) is 17.2. The number of fused-ring (bicyclic) bond motifs is 1. The Morgan fingerprint density at radius 2 is 2.12 bits per heavy atom. The molecule has 0 spiro atoms. The summed E-state index contributed by atoms with van der Waals surface area (Å²) in [5.74, 6) is -3.58. The number of pyridine rings is 1. The summed E-state index contributed by atoms with van der Waals surface area (Å²) in [6, 6.07) is 1.41. The van der Waals surface area contributed by atoms with Crippen molar-refractivity contribution in [1.82, 2.24) is 4.98 Å². The van der Waals surface area contributed by atoms with E-state index in [1.54, 1.807) is 0 Å². The van der Waals surface area contributed by atoms with Crippen molar-refractivity contribution in [3.63, 3.8) is 0 Å². The zero-order chi connectivity index (χ0) is 17.5. The Morgan fingerprint density at radius 1 is 1.38 bits per heavy atom. The van der Waals surface area contributed by atoms with Crippen molar-refractivity contribution < 1.29 is 22.4 Å². The second-order valence-electron chi connectivity index (χ2n) is 7.02. The van der Waals surface area contributed by atoms with Gasteiger partial charge in [0.15, 0.2) is 0 Å². The fraction of sp³-hybridized carbons (Fsp3) is 0.647. The number of anilines is 1. The number of aromatic nitrogens is 1. The van der Waals surface area contributed by atoms with Crippen LogP contribution in [0.5, 0.6) is 0 Å². The van der Waals surface area contributed by atoms with Gasteiger partial charge in [-0.25, -0.2) is 17.6 Å². The smallest absolute Gasteiger partial charge is 0.280 e. The zero-order valence-corrected chi connectivity index (χ0v) is 13.4. The van der Waals surface area contributed by atoms with E-state index in [2.05, 4.69) is 10.3 Å². The lowest BCUT2D eigenvalue weighted by Gasteiger charge is -2.37. The van der Waals surface area contributed by atoms with Gasteiger partial charge < -0.3 is 5.32 Å². The van der Waals surface area contributed by atoms with Crippen LogP contribution in [0.2, 0.25) is 0 Å². The summed E-state index contributed by atoms with van der Waals surface area (Å²) in [4.78, 5) is 16.4. The number of rotatable bonds is 3. The van der Waals surface area contributed by atoms with Crippen molar-refractivity contribution in [2.24, 2.45) is 11.3 Å². The Labute approximate surface area is 137 Å². The molecule has 0 bridgehead atoms. The number of halogens is 4. The summed E-state index contributed by atoms with van der Waals surface area (Å²) < 4.78 is 53.3. The van der Waals surface area contributed by atoms with E-state index in [1.165, 1.54) is 13.0 Å². The number of alkyl halides is 4. The predicted molar refractivity (Wildman–Crippen MR) is 81.1 cm³/mol. The highest BCUT2D eigenvalue weighted by atomic mass is 19.3. The maximum Gasteiger partial charge on any atom is 0.280 e. The quantitative estimate of drug-likeness (QED) is 0.795. The van der Waals surface area contributed by atoms with Crippen molar-refractivity contribution in [1.29, 1.82) is 0 Å².